The molecule has 0 unspecified atom stereocenters. The summed E-state index contributed by atoms with van der Waals surface area (Å²) in [5.74, 6) is 3.14. The van der Waals surface area contributed by atoms with Crippen molar-refractivity contribution in [2.75, 3.05) is 26.4 Å². The lowest BCUT2D eigenvalue weighted by Gasteiger charge is -2.42. The minimum absolute atomic E-state index is 0.0807. The molecule has 0 bridgehead atoms. The fraction of sp³-hybridized carbons (Fsp3) is 0.917. The Hall–Kier alpha value is -0.560. The van der Waals surface area contributed by atoms with Crippen LogP contribution in [-0.4, -0.2) is 39.0 Å². The van der Waals surface area contributed by atoms with Crippen molar-refractivity contribution in [1.82, 2.24) is 0 Å². The number of ether oxygens (including phenoxy) is 4. The number of allylic oxidation sites excluding steroid dienone is 1. The van der Waals surface area contributed by atoms with Crippen molar-refractivity contribution in [3.8, 4) is 0 Å². The van der Waals surface area contributed by atoms with Crippen LogP contribution < -0.4 is 0 Å². The first-order valence-electron chi connectivity index (χ1n) is 12.1. The van der Waals surface area contributed by atoms with E-state index in [1.54, 1.807) is 0 Å². The summed E-state index contributed by atoms with van der Waals surface area (Å²) in [4.78, 5) is 0. The zero-order valence-electron chi connectivity index (χ0n) is 18.3. The van der Waals surface area contributed by atoms with Crippen LogP contribution in [-0.2, 0) is 18.9 Å². The number of halogens is 2. The highest BCUT2D eigenvalue weighted by molar-refractivity contribution is 4.88. The number of hydrogen-bond donors (Lipinski definition) is 0. The first kappa shape index (κ1) is 22.6. The summed E-state index contributed by atoms with van der Waals surface area (Å²) in [5.41, 5.74) is 0. The molecule has 6 heteroatoms. The second-order valence-corrected chi connectivity index (χ2v) is 10.1. The second kappa shape index (κ2) is 10.8. The molecule has 0 aromatic carbocycles. The Kier molecular flexibility index (Phi) is 8.18. The smallest absolute Gasteiger partial charge is 0.266 e. The van der Waals surface area contributed by atoms with Gasteiger partial charge in [0.25, 0.3) is 6.08 Å². The van der Waals surface area contributed by atoms with E-state index in [1.165, 1.54) is 38.5 Å². The summed E-state index contributed by atoms with van der Waals surface area (Å²) in [7, 11) is 0. The summed E-state index contributed by atoms with van der Waals surface area (Å²) in [6.07, 6.45) is 9.33. The Morgan fingerprint density at radius 3 is 1.70 bits per heavy atom. The van der Waals surface area contributed by atoms with Gasteiger partial charge in [-0.1, -0.05) is 6.92 Å². The molecule has 0 radical (unpaired) electrons. The molecule has 0 aromatic rings. The maximum Gasteiger partial charge on any atom is 0.266 e. The first-order valence-corrected chi connectivity index (χ1v) is 12.1. The molecular weight excluding hydrogens is 390 g/mol. The molecule has 4 aliphatic rings. The molecule has 2 heterocycles. The van der Waals surface area contributed by atoms with Crippen LogP contribution >= 0.6 is 0 Å². The SMILES string of the molecule is CC1COC(C2COC(C3CCC(C4CCC(CC=C(F)F)CC4)CC3)OC2)OC1. The van der Waals surface area contributed by atoms with Crippen molar-refractivity contribution < 1.29 is 27.7 Å². The van der Waals surface area contributed by atoms with E-state index >= 15 is 0 Å². The van der Waals surface area contributed by atoms with E-state index in [9.17, 15) is 8.78 Å². The average molecular weight is 429 g/mol. The molecule has 0 spiro atoms. The van der Waals surface area contributed by atoms with Crippen LogP contribution in [0.3, 0.4) is 0 Å². The van der Waals surface area contributed by atoms with Gasteiger partial charge in [0.15, 0.2) is 12.6 Å². The first-order chi connectivity index (χ1) is 14.6. The van der Waals surface area contributed by atoms with E-state index in [0.29, 0.717) is 37.4 Å². The fourth-order valence-corrected chi connectivity index (χ4v) is 5.89. The maximum absolute atomic E-state index is 12.3. The maximum atomic E-state index is 12.3. The van der Waals surface area contributed by atoms with E-state index in [2.05, 4.69) is 6.92 Å². The van der Waals surface area contributed by atoms with Gasteiger partial charge < -0.3 is 18.9 Å². The minimum Gasteiger partial charge on any atom is -0.352 e. The van der Waals surface area contributed by atoms with E-state index < -0.39 is 6.08 Å². The normalized spacial score (nSPS) is 43.2. The van der Waals surface area contributed by atoms with Gasteiger partial charge in [-0.05, 0) is 81.6 Å². The lowest BCUT2D eigenvalue weighted by Crippen LogP contribution is -2.46. The Morgan fingerprint density at radius 2 is 1.13 bits per heavy atom. The quantitative estimate of drug-likeness (QED) is 0.557. The van der Waals surface area contributed by atoms with Gasteiger partial charge in [0.1, 0.15) is 0 Å². The standard InChI is InChI=1S/C24H38F2O4/c1-16-12-27-24(28-13-16)21-14-29-23(30-15-21)20-9-7-19(8-10-20)18-5-2-17(3-6-18)4-11-22(25)26/h11,16-21,23-24H,2-10,12-15H2,1H3. The van der Waals surface area contributed by atoms with Gasteiger partial charge in [-0.15, -0.1) is 0 Å². The molecule has 2 aliphatic carbocycles. The molecule has 172 valence electrons. The van der Waals surface area contributed by atoms with Crippen LogP contribution in [0.15, 0.2) is 12.2 Å². The van der Waals surface area contributed by atoms with Crippen molar-refractivity contribution in [3.63, 3.8) is 0 Å². The molecule has 0 amide bonds. The number of rotatable bonds is 5. The molecule has 0 N–H and O–H groups in total. The predicted octanol–water partition coefficient (Wildman–Crippen LogP) is 5.77. The van der Waals surface area contributed by atoms with Crippen LogP contribution in [0.4, 0.5) is 8.78 Å². The molecule has 0 aromatic heterocycles. The third-order valence-corrected chi connectivity index (χ3v) is 7.79. The Balaban J connectivity index is 1.14. The van der Waals surface area contributed by atoms with Crippen molar-refractivity contribution in [1.29, 1.82) is 0 Å². The summed E-state index contributed by atoms with van der Waals surface area (Å²) < 4.78 is 48.4. The Morgan fingerprint density at radius 1 is 0.667 bits per heavy atom. The van der Waals surface area contributed by atoms with Crippen LogP contribution in [0.2, 0.25) is 0 Å². The minimum atomic E-state index is -1.53. The summed E-state index contributed by atoms with van der Waals surface area (Å²) in [6, 6.07) is 0. The van der Waals surface area contributed by atoms with Crippen molar-refractivity contribution >= 4 is 0 Å². The third-order valence-electron chi connectivity index (χ3n) is 7.79. The van der Waals surface area contributed by atoms with E-state index in [1.807, 2.05) is 0 Å². The monoisotopic (exact) mass is 428 g/mol. The molecule has 4 fully saturated rings. The van der Waals surface area contributed by atoms with Crippen molar-refractivity contribution in [3.05, 3.63) is 12.2 Å². The van der Waals surface area contributed by atoms with Gasteiger partial charge in [0.05, 0.1) is 32.3 Å². The molecular formula is C24H38F2O4. The largest absolute Gasteiger partial charge is 0.352 e. The lowest BCUT2D eigenvalue weighted by molar-refractivity contribution is -0.290. The zero-order chi connectivity index (χ0) is 20.9. The van der Waals surface area contributed by atoms with Gasteiger partial charge in [-0.3, -0.25) is 0 Å². The fourth-order valence-electron chi connectivity index (χ4n) is 5.89. The van der Waals surface area contributed by atoms with Crippen LogP contribution in [0.5, 0.6) is 0 Å². The van der Waals surface area contributed by atoms with Crippen molar-refractivity contribution in [2.45, 2.75) is 77.3 Å². The molecule has 4 nitrogen and oxygen atoms in total. The Labute approximate surface area is 179 Å². The molecule has 4 rings (SSSR count). The van der Waals surface area contributed by atoms with Gasteiger partial charge in [-0.25, -0.2) is 0 Å². The highest BCUT2D eigenvalue weighted by atomic mass is 19.3. The van der Waals surface area contributed by atoms with E-state index in [-0.39, 0.29) is 18.5 Å². The predicted molar refractivity (Wildman–Crippen MR) is 110 cm³/mol. The Bertz CT molecular complexity index is 535. The van der Waals surface area contributed by atoms with Gasteiger partial charge >= 0.3 is 0 Å². The van der Waals surface area contributed by atoms with Crippen LogP contribution in [0, 0.1) is 35.5 Å². The summed E-state index contributed by atoms with van der Waals surface area (Å²) >= 11 is 0. The molecule has 2 aliphatic heterocycles. The second-order valence-electron chi connectivity index (χ2n) is 10.1. The highest BCUT2D eigenvalue weighted by Crippen LogP contribution is 2.43. The molecule has 2 saturated heterocycles. The van der Waals surface area contributed by atoms with Gasteiger partial charge in [0, 0.05) is 11.8 Å². The van der Waals surface area contributed by atoms with Gasteiger partial charge in [0.2, 0.25) is 0 Å². The number of hydrogen-bond acceptors (Lipinski definition) is 4. The zero-order valence-corrected chi connectivity index (χ0v) is 18.3. The van der Waals surface area contributed by atoms with E-state index in [4.69, 9.17) is 18.9 Å². The van der Waals surface area contributed by atoms with Gasteiger partial charge in [-0.2, -0.15) is 8.78 Å². The third kappa shape index (κ3) is 6.02. The molecule has 0 atom stereocenters. The highest BCUT2D eigenvalue weighted by Gasteiger charge is 2.38. The molecule has 30 heavy (non-hydrogen) atoms. The van der Waals surface area contributed by atoms with Crippen LogP contribution in [0.25, 0.3) is 0 Å². The summed E-state index contributed by atoms with van der Waals surface area (Å²) in [6.45, 7) is 4.94. The average Bonchev–Trinajstić information content (AvgIpc) is 2.79. The van der Waals surface area contributed by atoms with E-state index in [0.717, 1.165) is 44.0 Å². The topological polar surface area (TPSA) is 36.9 Å². The lowest BCUT2D eigenvalue weighted by atomic mass is 9.68. The van der Waals surface area contributed by atoms with Crippen LogP contribution in [0.1, 0.15) is 64.7 Å². The summed E-state index contributed by atoms with van der Waals surface area (Å²) in [5, 5.41) is 0. The molecule has 2 saturated carbocycles. The van der Waals surface area contributed by atoms with Crippen molar-refractivity contribution in [2.24, 2.45) is 35.5 Å².